The molecule has 0 saturated heterocycles. The molecular weight excluding hydrogens is 324 g/mol. The van der Waals surface area contributed by atoms with Gasteiger partial charge in [-0.3, -0.25) is 15.0 Å². The summed E-state index contributed by atoms with van der Waals surface area (Å²) in [6, 6.07) is -3.91. The Morgan fingerprint density at radius 2 is 1.62 bits per heavy atom. The van der Waals surface area contributed by atoms with Gasteiger partial charge >= 0.3 is 5.97 Å². The van der Waals surface area contributed by atoms with Crippen LogP contribution in [0.5, 0.6) is 0 Å². The van der Waals surface area contributed by atoms with E-state index in [1.54, 1.807) is 0 Å². The molecule has 0 rings (SSSR count). The molecule has 11 N–H and O–H groups in total. The van der Waals surface area contributed by atoms with Crippen LogP contribution in [0.3, 0.4) is 0 Å². The highest BCUT2D eigenvalue weighted by Crippen LogP contribution is 1.99. The topological polar surface area (TPSA) is 224 Å². The molecule has 0 aliphatic rings. The molecule has 0 fully saturated rings. The molecule has 24 heavy (non-hydrogen) atoms. The van der Waals surface area contributed by atoms with Gasteiger partial charge in [-0.1, -0.05) is 0 Å². The minimum Gasteiger partial charge on any atom is -0.480 e. The number of carbonyl (C=O) groups is 3. The zero-order chi connectivity index (χ0) is 18.7. The van der Waals surface area contributed by atoms with E-state index in [9.17, 15) is 14.4 Å². The summed E-state index contributed by atoms with van der Waals surface area (Å²) in [6.45, 7) is -1.17. The highest BCUT2D eigenvalue weighted by molar-refractivity contribution is 5.91. The van der Waals surface area contributed by atoms with Gasteiger partial charge in [0.1, 0.15) is 18.1 Å². The first-order valence-electron chi connectivity index (χ1n) is 7.11. The molecule has 0 saturated carbocycles. The van der Waals surface area contributed by atoms with Gasteiger partial charge in [-0.15, -0.1) is 0 Å². The predicted octanol–water partition coefficient (Wildman–Crippen LogP) is -4.38. The maximum absolute atomic E-state index is 12.0. The average Bonchev–Trinajstić information content (AvgIpc) is 2.53. The van der Waals surface area contributed by atoms with Crippen molar-refractivity contribution in [3.63, 3.8) is 0 Å². The van der Waals surface area contributed by atoms with E-state index >= 15 is 0 Å². The maximum atomic E-state index is 12.0. The van der Waals surface area contributed by atoms with Gasteiger partial charge in [0.15, 0.2) is 5.96 Å². The highest BCUT2D eigenvalue weighted by Gasteiger charge is 2.27. The fourth-order valence-electron chi connectivity index (χ4n) is 1.61. The second-order valence-corrected chi connectivity index (χ2v) is 4.91. The van der Waals surface area contributed by atoms with Crippen LogP contribution in [0.2, 0.25) is 0 Å². The van der Waals surface area contributed by atoms with Gasteiger partial charge in [-0.25, -0.2) is 4.79 Å². The minimum absolute atomic E-state index is 0.0452. The van der Waals surface area contributed by atoms with Crippen LogP contribution in [0.25, 0.3) is 0 Å². The second-order valence-electron chi connectivity index (χ2n) is 4.91. The highest BCUT2D eigenvalue weighted by atomic mass is 16.4. The lowest BCUT2D eigenvalue weighted by Crippen LogP contribution is -2.56. The number of nitrogens with one attached hydrogen (secondary N) is 4. The standard InChI is InChI=1S/C12H24N6O6/c13-6(4-19)9(21)18-8(5-20)10(22)17-7(11(23)24)2-1-3-16-12(14)15/h6-8,19-20H,1-5,13H2,(H,17,22)(H,18,21)(H,23,24)(H4,14,15,16)/t6-,7-,8-/m0/s1. The summed E-state index contributed by atoms with van der Waals surface area (Å²) in [6.07, 6.45) is 0.353. The molecule has 3 atom stereocenters. The number of aliphatic hydroxyl groups is 2. The van der Waals surface area contributed by atoms with Crippen LogP contribution < -0.4 is 27.4 Å². The van der Waals surface area contributed by atoms with E-state index < -0.39 is 49.1 Å². The van der Waals surface area contributed by atoms with Crippen molar-refractivity contribution in [2.75, 3.05) is 19.8 Å². The lowest BCUT2D eigenvalue weighted by atomic mass is 10.1. The van der Waals surface area contributed by atoms with Crippen molar-refractivity contribution in [2.45, 2.75) is 31.0 Å². The van der Waals surface area contributed by atoms with Gasteiger partial charge in [0.25, 0.3) is 0 Å². The van der Waals surface area contributed by atoms with Crippen molar-refractivity contribution in [1.29, 1.82) is 5.41 Å². The first-order valence-corrected chi connectivity index (χ1v) is 7.11. The Morgan fingerprint density at radius 3 is 2.08 bits per heavy atom. The van der Waals surface area contributed by atoms with Gasteiger partial charge in [-0.05, 0) is 12.8 Å². The fraction of sp³-hybridized carbons (Fsp3) is 0.667. The summed E-state index contributed by atoms with van der Waals surface area (Å²) >= 11 is 0. The van der Waals surface area contributed by atoms with Crippen molar-refractivity contribution in [1.82, 2.24) is 16.0 Å². The van der Waals surface area contributed by atoms with Crippen LogP contribution >= 0.6 is 0 Å². The number of aliphatic carboxylic acids is 1. The number of amides is 2. The summed E-state index contributed by atoms with van der Waals surface area (Å²) in [5.74, 6) is -3.30. The first-order chi connectivity index (χ1) is 11.2. The molecule has 0 spiro atoms. The van der Waals surface area contributed by atoms with Crippen LogP contribution in [-0.4, -0.2) is 76.9 Å². The van der Waals surface area contributed by atoms with Crippen molar-refractivity contribution in [3.05, 3.63) is 0 Å². The summed E-state index contributed by atoms with van der Waals surface area (Å²) in [5.41, 5.74) is 10.4. The van der Waals surface area contributed by atoms with E-state index in [2.05, 4.69) is 16.0 Å². The SMILES string of the molecule is N=C(N)NCCC[C@H](NC(=O)[C@H](CO)NC(=O)[C@@H](N)CO)C(=O)O. The van der Waals surface area contributed by atoms with E-state index in [0.717, 1.165) is 0 Å². The molecule has 12 nitrogen and oxygen atoms in total. The number of rotatable bonds is 11. The second kappa shape index (κ2) is 11.2. The van der Waals surface area contributed by atoms with Crippen LogP contribution in [0, 0.1) is 5.41 Å². The third-order valence-corrected chi connectivity index (χ3v) is 2.95. The molecule has 0 aromatic heterocycles. The number of nitrogens with two attached hydrogens (primary N) is 2. The van der Waals surface area contributed by atoms with E-state index in [0.29, 0.717) is 6.42 Å². The number of hydrogen-bond acceptors (Lipinski definition) is 7. The largest absolute Gasteiger partial charge is 0.480 e. The lowest BCUT2D eigenvalue weighted by Gasteiger charge is -2.21. The van der Waals surface area contributed by atoms with Crippen LogP contribution in [0.4, 0.5) is 0 Å². The zero-order valence-corrected chi connectivity index (χ0v) is 13.0. The molecule has 0 aromatic carbocycles. The smallest absolute Gasteiger partial charge is 0.326 e. The van der Waals surface area contributed by atoms with E-state index in [1.165, 1.54) is 0 Å². The molecule has 138 valence electrons. The normalized spacial score (nSPS) is 14.1. The predicted molar refractivity (Wildman–Crippen MR) is 82.8 cm³/mol. The Bertz CT molecular complexity index is 459. The van der Waals surface area contributed by atoms with Crippen LogP contribution in [-0.2, 0) is 14.4 Å². The molecule has 0 radical (unpaired) electrons. The molecule has 0 bridgehead atoms. The monoisotopic (exact) mass is 348 g/mol. The third kappa shape index (κ3) is 8.26. The van der Waals surface area contributed by atoms with Gasteiger partial charge in [0.05, 0.1) is 13.2 Å². The van der Waals surface area contributed by atoms with Crippen molar-refractivity contribution in [2.24, 2.45) is 11.5 Å². The van der Waals surface area contributed by atoms with E-state index in [4.69, 9.17) is 32.2 Å². The zero-order valence-electron chi connectivity index (χ0n) is 13.0. The average molecular weight is 348 g/mol. The maximum Gasteiger partial charge on any atom is 0.326 e. The Hall–Kier alpha value is -2.44. The van der Waals surface area contributed by atoms with E-state index in [1.807, 2.05) is 0 Å². The molecule has 0 unspecified atom stereocenters. The number of carboxylic acid groups (broad SMARTS) is 1. The fourth-order valence-corrected chi connectivity index (χ4v) is 1.61. The molecule has 2 amide bonds. The summed E-state index contributed by atoms with van der Waals surface area (Å²) < 4.78 is 0. The number of aliphatic hydroxyl groups excluding tert-OH is 2. The number of hydrogen-bond donors (Lipinski definition) is 9. The van der Waals surface area contributed by atoms with Crippen LogP contribution in [0.1, 0.15) is 12.8 Å². The molecule has 0 heterocycles. The summed E-state index contributed by atoms with van der Waals surface area (Å²) in [4.78, 5) is 34.6. The van der Waals surface area contributed by atoms with Gasteiger partial charge in [-0.2, -0.15) is 0 Å². The third-order valence-electron chi connectivity index (χ3n) is 2.95. The molecule has 0 aromatic rings. The van der Waals surface area contributed by atoms with Gasteiger partial charge in [0, 0.05) is 6.54 Å². The van der Waals surface area contributed by atoms with Gasteiger partial charge in [0.2, 0.25) is 11.8 Å². The molecular formula is C12H24N6O6. The van der Waals surface area contributed by atoms with E-state index in [-0.39, 0.29) is 18.9 Å². The first kappa shape index (κ1) is 21.6. The molecule has 0 aliphatic carbocycles. The number of carbonyl (C=O) groups excluding carboxylic acids is 2. The van der Waals surface area contributed by atoms with Crippen molar-refractivity contribution in [3.8, 4) is 0 Å². The Kier molecular flexibility index (Phi) is 10.0. The lowest BCUT2D eigenvalue weighted by molar-refractivity contribution is -0.142. The minimum atomic E-state index is -1.40. The summed E-state index contributed by atoms with van der Waals surface area (Å²) in [7, 11) is 0. The number of guanidine groups is 1. The molecule has 12 heteroatoms. The Morgan fingerprint density at radius 1 is 1.04 bits per heavy atom. The Balaban J connectivity index is 4.58. The summed E-state index contributed by atoms with van der Waals surface area (Å²) in [5, 5.41) is 40.7. The van der Waals surface area contributed by atoms with Gasteiger partial charge < -0.3 is 42.7 Å². The quantitative estimate of drug-likeness (QED) is 0.0996. The van der Waals surface area contributed by atoms with Crippen LogP contribution in [0.15, 0.2) is 0 Å². The molecule has 0 aliphatic heterocycles. The Labute approximate surface area is 138 Å². The van der Waals surface area contributed by atoms with Crippen molar-refractivity contribution >= 4 is 23.7 Å². The van der Waals surface area contributed by atoms with Crippen molar-refractivity contribution < 1.29 is 29.7 Å². The number of carboxylic acids is 1.